The number of benzene rings is 2. The highest BCUT2D eigenvalue weighted by Crippen LogP contribution is 2.37. The van der Waals surface area contributed by atoms with Crippen LogP contribution >= 0.6 is 11.6 Å². The van der Waals surface area contributed by atoms with Crippen molar-refractivity contribution in [2.45, 2.75) is 20.4 Å². The fraction of sp³-hybridized carbons (Fsp3) is 0.238. The van der Waals surface area contributed by atoms with E-state index < -0.39 is 17.8 Å². The monoisotopic (exact) mass is 418 g/mol. The highest BCUT2D eigenvalue weighted by atomic mass is 35.5. The van der Waals surface area contributed by atoms with Gasteiger partial charge in [0.05, 0.1) is 24.8 Å². The molecule has 1 N–H and O–H groups in total. The Morgan fingerprint density at radius 2 is 1.86 bits per heavy atom. The minimum absolute atomic E-state index is 0.0639. The SMILES string of the molecule is CCOc1cc(/C=C2\NC(=O)N(Cc3ccccc3F)C2=O)cc(Cl)c1OCC. The number of rotatable bonds is 7. The predicted molar refractivity (Wildman–Crippen MR) is 107 cm³/mol. The second-order valence-electron chi connectivity index (χ2n) is 6.17. The standard InChI is InChI=1S/C21H20ClFN2O4/c1-3-28-18-11-13(9-15(22)19(18)29-4-2)10-17-20(26)25(21(27)24-17)12-14-7-5-6-8-16(14)23/h5-11H,3-4,12H2,1-2H3,(H,24,27)/b17-10-. The molecule has 1 fully saturated rings. The number of nitrogens with zero attached hydrogens (tertiary/aromatic N) is 1. The molecular weight excluding hydrogens is 399 g/mol. The van der Waals surface area contributed by atoms with E-state index in [0.29, 0.717) is 35.3 Å². The van der Waals surface area contributed by atoms with Gasteiger partial charge in [0.25, 0.3) is 5.91 Å². The van der Waals surface area contributed by atoms with Gasteiger partial charge in [-0.05, 0) is 43.7 Å². The lowest BCUT2D eigenvalue weighted by Gasteiger charge is -2.13. The van der Waals surface area contributed by atoms with Gasteiger partial charge in [0, 0.05) is 5.56 Å². The zero-order chi connectivity index (χ0) is 21.0. The molecule has 2 aromatic carbocycles. The molecule has 1 heterocycles. The van der Waals surface area contributed by atoms with Crippen LogP contribution in [0.1, 0.15) is 25.0 Å². The third-order valence-electron chi connectivity index (χ3n) is 4.18. The Hall–Kier alpha value is -3.06. The van der Waals surface area contributed by atoms with Crippen LogP contribution in [0.15, 0.2) is 42.1 Å². The van der Waals surface area contributed by atoms with Gasteiger partial charge in [0.15, 0.2) is 11.5 Å². The van der Waals surface area contributed by atoms with E-state index >= 15 is 0 Å². The second kappa shape index (κ2) is 8.96. The third-order valence-corrected chi connectivity index (χ3v) is 4.46. The maximum atomic E-state index is 13.9. The first-order valence-corrected chi connectivity index (χ1v) is 9.49. The van der Waals surface area contributed by atoms with Gasteiger partial charge in [-0.2, -0.15) is 0 Å². The molecule has 1 saturated heterocycles. The highest BCUT2D eigenvalue weighted by molar-refractivity contribution is 6.32. The van der Waals surface area contributed by atoms with Crippen molar-refractivity contribution in [2.75, 3.05) is 13.2 Å². The van der Waals surface area contributed by atoms with E-state index in [2.05, 4.69) is 5.32 Å². The molecule has 0 saturated carbocycles. The van der Waals surface area contributed by atoms with E-state index in [1.807, 2.05) is 13.8 Å². The van der Waals surface area contributed by atoms with Crippen LogP contribution in [0.3, 0.4) is 0 Å². The van der Waals surface area contributed by atoms with Crippen LogP contribution in [-0.4, -0.2) is 30.1 Å². The Balaban J connectivity index is 1.88. The lowest BCUT2D eigenvalue weighted by molar-refractivity contribution is -0.123. The molecule has 6 nitrogen and oxygen atoms in total. The summed E-state index contributed by atoms with van der Waals surface area (Å²) in [7, 11) is 0. The van der Waals surface area contributed by atoms with E-state index in [1.165, 1.54) is 18.2 Å². The van der Waals surface area contributed by atoms with Gasteiger partial charge in [-0.25, -0.2) is 9.18 Å². The predicted octanol–water partition coefficient (Wildman–Crippen LogP) is 4.37. The average molecular weight is 419 g/mol. The molecule has 1 aliphatic rings. The smallest absolute Gasteiger partial charge is 0.329 e. The number of hydrogen-bond acceptors (Lipinski definition) is 4. The first kappa shape index (κ1) is 20.7. The summed E-state index contributed by atoms with van der Waals surface area (Å²) in [6.07, 6.45) is 1.49. The second-order valence-corrected chi connectivity index (χ2v) is 6.57. The van der Waals surface area contributed by atoms with Crippen LogP contribution in [0.2, 0.25) is 5.02 Å². The van der Waals surface area contributed by atoms with Gasteiger partial charge >= 0.3 is 6.03 Å². The molecule has 1 aliphatic heterocycles. The molecule has 0 radical (unpaired) electrons. The lowest BCUT2D eigenvalue weighted by atomic mass is 10.1. The summed E-state index contributed by atoms with van der Waals surface area (Å²) < 4.78 is 25.0. The van der Waals surface area contributed by atoms with Crippen molar-refractivity contribution in [3.05, 3.63) is 64.1 Å². The van der Waals surface area contributed by atoms with Gasteiger partial charge < -0.3 is 14.8 Å². The van der Waals surface area contributed by atoms with Crippen molar-refractivity contribution in [2.24, 2.45) is 0 Å². The van der Waals surface area contributed by atoms with Crippen LogP contribution in [0.25, 0.3) is 6.08 Å². The molecule has 3 rings (SSSR count). The molecule has 0 aliphatic carbocycles. The molecule has 0 atom stereocenters. The van der Waals surface area contributed by atoms with Crippen molar-refractivity contribution in [3.63, 3.8) is 0 Å². The molecule has 152 valence electrons. The number of urea groups is 1. The van der Waals surface area contributed by atoms with Gasteiger partial charge in [-0.15, -0.1) is 0 Å². The zero-order valence-corrected chi connectivity index (χ0v) is 16.8. The van der Waals surface area contributed by atoms with E-state index in [1.54, 1.807) is 24.3 Å². The average Bonchev–Trinajstić information content (AvgIpc) is 2.94. The van der Waals surface area contributed by atoms with Gasteiger partial charge in [-0.1, -0.05) is 29.8 Å². The normalized spacial score (nSPS) is 15.0. The number of amides is 3. The van der Waals surface area contributed by atoms with Crippen LogP contribution < -0.4 is 14.8 Å². The molecule has 8 heteroatoms. The van der Waals surface area contributed by atoms with Crippen LogP contribution in [-0.2, 0) is 11.3 Å². The number of imide groups is 1. The van der Waals surface area contributed by atoms with Crippen molar-refractivity contribution in [1.82, 2.24) is 10.2 Å². The maximum Gasteiger partial charge on any atom is 0.329 e. The minimum atomic E-state index is -0.619. The lowest BCUT2D eigenvalue weighted by Crippen LogP contribution is -2.30. The molecule has 0 unspecified atom stereocenters. The van der Waals surface area contributed by atoms with E-state index in [0.717, 1.165) is 4.90 Å². The maximum absolute atomic E-state index is 13.9. The fourth-order valence-electron chi connectivity index (χ4n) is 2.90. The van der Waals surface area contributed by atoms with Crippen molar-refractivity contribution in [3.8, 4) is 11.5 Å². The number of halogens is 2. The van der Waals surface area contributed by atoms with Crippen molar-refractivity contribution < 1.29 is 23.5 Å². The van der Waals surface area contributed by atoms with Crippen LogP contribution in [0.5, 0.6) is 11.5 Å². The van der Waals surface area contributed by atoms with E-state index in [-0.39, 0.29) is 17.8 Å². The first-order chi connectivity index (χ1) is 13.9. The summed E-state index contributed by atoms with van der Waals surface area (Å²) in [6.45, 7) is 4.32. The highest BCUT2D eigenvalue weighted by Gasteiger charge is 2.34. The summed E-state index contributed by atoms with van der Waals surface area (Å²) >= 11 is 6.29. The minimum Gasteiger partial charge on any atom is -0.490 e. The number of carbonyl (C=O) groups excluding carboxylic acids is 2. The van der Waals surface area contributed by atoms with E-state index in [4.69, 9.17) is 21.1 Å². The summed E-state index contributed by atoms with van der Waals surface area (Å²) in [5.74, 6) is -0.179. The quantitative estimate of drug-likeness (QED) is 0.535. The summed E-state index contributed by atoms with van der Waals surface area (Å²) in [5.41, 5.74) is 0.868. The Bertz CT molecular complexity index is 977. The first-order valence-electron chi connectivity index (χ1n) is 9.11. The summed E-state index contributed by atoms with van der Waals surface area (Å²) in [5, 5.41) is 2.84. The van der Waals surface area contributed by atoms with Gasteiger partial charge in [-0.3, -0.25) is 9.69 Å². The van der Waals surface area contributed by atoms with Gasteiger partial charge in [0.1, 0.15) is 11.5 Å². The third kappa shape index (κ3) is 4.51. The van der Waals surface area contributed by atoms with Crippen molar-refractivity contribution in [1.29, 1.82) is 0 Å². The van der Waals surface area contributed by atoms with Crippen LogP contribution in [0.4, 0.5) is 9.18 Å². The fourth-order valence-corrected chi connectivity index (χ4v) is 3.17. The molecular formula is C21H20ClFN2O4. The molecule has 0 spiro atoms. The summed E-state index contributed by atoms with van der Waals surface area (Å²) in [6, 6.07) is 8.66. The van der Waals surface area contributed by atoms with Crippen molar-refractivity contribution >= 4 is 29.6 Å². The Morgan fingerprint density at radius 3 is 2.55 bits per heavy atom. The Kier molecular flexibility index (Phi) is 6.39. The number of ether oxygens (including phenoxy) is 2. The summed E-state index contributed by atoms with van der Waals surface area (Å²) in [4.78, 5) is 25.8. The zero-order valence-electron chi connectivity index (χ0n) is 16.0. The number of nitrogens with one attached hydrogen (secondary N) is 1. The van der Waals surface area contributed by atoms with Crippen LogP contribution in [0, 0.1) is 5.82 Å². The molecule has 29 heavy (non-hydrogen) atoms. The molecule has 0 aromatic heterocycles. The Labute approximate surface area is 172 Å². The molecule has 3 amide bonds. The molecule has 2 aromatic rings. The topological polar surface area (TPSA) is 67.9 Å². The Morgan fingerprint density at radius 1 is 1.14 bits per heavy atom. The number of hydrogen-bond donors (Lipinski definition) is 1. The molecule has 0 bridgehead atoms. The van der Waals surface area contributed by atoms with Gasteiger partial charge in [0.2, 0.25) is 0 Å². The largest absolute Gasteiger partial charge is 0.490 e. The van der Waals surface area contributed by atoms with E-state index in [9.17, 15) is 14.0 Å². The number of carbonyl (C=O) groups is 2.